The number of benzene rings is 1. The largest absolute Gasteiger partial charge is 0.322 e. The summed E-state index contributed by atoms with van der Waals surface area (Å²) in [5.74, 6) is 0.0996. The molecule has 1 aromatic carbocycles. The van der Waals surface area contributed by atoms with Crippen LogP contribution < -0.4 is 5.32 Å². The van der Waals surface area contributed by atoms with Crippen LogP contribution in [-0.2, 0) is 9.84 Å². The predicted molar refractivity (Wildman–Crippen MR) is 70.4 cm³/mol. The molecule has 5 nitrogen and oxygen atoms in total. The molecule has 1 aliphatic heterocycles. The van der Waals surface area contributed by atoms with Gasteiger partial charge in [0.2, 0.25) is 0 Å². The lowest BCUT2D eigenvalue weighted by molar-refractivity contribution is 0.216. The number of urea groups is 1. The lowest BCUT2D eigenvalue weighted by Gasteiger charge is -2.27. The van der Waals surface area contributed by atoms with Gasteiger partial charge in [-0.05, 0) is 18.6 Å². The Hall–Kier alpha value is -1.56. The Kier molecular flexibility index (Phi) is 3.56. The summed E-state index contributed by atoms with van der Waals surface area (Å²) in [6.45, 7) is 2.44. The molecule has 0 radical (unpaired) electrons. The van der Waals surface area contributed by atoms with Gasteiger partial charge in [0.25, 0.3) is 0 Å². The first-order valence-corrected chi connectivity index (χ1v) is 7.62. The van der Waals surface area contributed by atoms with Gasteiger partial charge in [0.1, 0.15) is 0 Å². The van der Waals surface area contributed by atoms with Gasteiger partial charge in [-0.15, -0.1) is 0 Å². The van der Waals surface area contributed by atoms with E-state index in [4.69, 9.17) is 0 Å². The number of amides is 2. The molecule has 0 bridgehead atoms. The predicted octanol–water partition coefficient (Wildman–Crippen LogP) is 1.26. The first-order valence-electron chi connectivity index (χ1n) is 5.80. The zero-order valence-electron chi connectivity index (χ0n) is 10.2. The van der Waals surface area contributed by atoms with Crippen LogP contribution in [0.25, 0.3) is 0 Å². The topological polar surface area (TPSA) is 66.5 Å². The average molecular weight is 268 g/mol. The van der Waals surface area contributed by atoms with Gasteiger partial charge >= 0.3 is 6.03 Å². The van der Waals surface area contributed by atoms with Crippen molar-refractivity contribution in [3.63, 3.8) is 0 Å². The van der Waals surface area contributed by atoms with Crippen LogP contribution in [0.15, 0.2) is 24.3 Å². The number of sulfone groups is 1. The smallest absolute Gasteiger partial charge is 0.321 e. The average Bonchev–Trinajstić information content (AvgIpc) is 2.32. The van der Waals surface area contributed by atoms with Crippen molar-refractivity contribution in [3.05, 3.63) is 29.8 Å². The number of carbonyl (C=O) groups is 1. The number of rotatable bonds is 1. The number of para-hydroxylation sites is 1. The van der Waals surface area contributed by atoms with Crippen LogP contribution in [0.3, 0.4) is 0 Å². The molecule has 1 N–H and O–H groups in total. The Balaban J connectivity index is 2.00. The summed E-state index contributed by atoms with van der Waals surface area (Å²) < 4.78 is 22.5. The first kappa shape index (κ1) is 12.9. The SMILES string of the molecule is Cc1ccccc1NC(=O)N1CCS(=O)(=O)CC1. The molecule has 0 aliphatic carbocycles. The number of hydrogen-bond donors (Lipinski definition) is 1. The highest BCUT2D eigenvalue weighted by molar-refractivity contribution is 7.91. The minimum absolute atomic E-state index is 0.0498. The Morgan fingerprint density at radius 2 is 1.83 bits per heavy atom. The molecular formula is C12H16N2O3S. The minimum atomic E-state index is -2.95. The van der Waals surface area contributed by atoms with E-state index < -0.39 is 9.84 Å². The second-order valence-electron chi connectivity index (χ2n) is 4.38. The summed E-state index contributed by atoms with van der Waals surface area (Å²) in [6, 6.07) is 7.26. The fourth-order valence-corrected chi connectivity index (χ4v) is 3.02. The van der Waals surface area contributed by atoms with Gasteiger partial charge in [-0.1, -0.05) is 18.2 Å². The molecule has 0 aromatic heterocycles. The van der Waals surface area contributed by atoms with Gasteiger partial charge in [0.15, 0.2) is 9.84 Å². The highest BCUT2D eigenvalue weighted by Crippen LogP contribution is 2.14. The van der Waals surface area contributed by atoms with Crippen LogP contribution in [0, 0.1) is 6.92 Å². The molecule has 0 unspecified atom stereocenters. The molecule has 1 saturated heterocycles. The van der Waals surface area contributed by atoms with Crippen molar-refractivity contribution in [1.82, 2.24) is 4.90 Å². The highest BCUT2D eigenvalue weighted by atomic mass is 32.2. The van der Waals surface area contributed by atoms with E-state index >= 15 is 0 Å². The fourth-order valence-electron chi connectivity index (χ4n) is 1.82. The molecule has 1 heterocycles. The van der Waals surface area contributed by atoms with Gasteiger partial charge in [0, 0.05) is 18.8 Å². The molecule has 1 aliphatic rings. The van der Waals surface area contributed by atoms with Crippen molar-refractivity contribution in [2.45, 2.75) is 6.92 Å². The van der Waals surface area contributed by atoms with Crippen molar-refractivity contribution in [2.75, 3.05) is 29.9 Å². The van der Waals surface area contributed by atoms with Crippen LogP contribution in [0.2, 0.25) is 0 Å². The summed E-state index contributed by atoms with van der Waals surface area (Å²) in [6.07, 6.45) is 0. The number of aryl methyl sites for hydroxylation is 1. The van der Waals surface area contributed by atoms with Crippen LogP contribution in [0.5, 0.6) is 0 Å². The van der Waals surface area contributed by atoms with Crippen LogP contribution in [0.4, 0.5) is 10.5 Å². The first-order chi connectivity index (χ1) is 8.48. The lowest BCUT2D eigenvalue weighted by Crippen LogP contribution is -2.45. The summed E-state index contributed by atoms with van der Waals surface area (Å²) in [5, 5.41) is 2.80. The molecule has 1 fully saturated rings. The van der Waals surface area contributed by atoms with Crippen LogP contribution in [-0.4, -0.2) is 43.9 Å². The number of nitrogens with zero attached hydrogens (tertiary/aromatic N) is 1. The Bertz CT molecular complexity index is 540. The zero-order chi connectivity index (χ0) is 13.2. The molecule has 0 atom stereocenters. The molecule has 1 aromatic rings. The number of carbonyl (C=O) groups excluding carboxylic acids is 1. The lowest BCUT2D eigenvalue weighted by atomic mass is 10.2. The maximum absolute atomic E-state index is 12.0. The Morgan fingerprint density at radius 1 is 1.22 bits per heavy atom. The van der Waals surface area contributed by atoms with Crippen molar-refractivity contribution in [3.8, 4) is 0 Å². The van der Waals surface area contributed by atoms with Crippen LogP contribution in [0.1, 0.15) is 5.56 Å². The van der Waals surface area contributed by atoms with Crippen molar-refractivity contribution in [1.29, 1.82) is 0 Å². The number of nitrogens with one attached hydrogen (secondary N) is 1. The van der Waals surface area contributed by atoms with Gasteiger partial charge in [0.05, 0.1) is 11.5 Å². The fraction of sp³-hybridized carbons (Fsp3) is 0.417. The van der Waals surface area contributed by atoms with E-state index in [0.29, 0.717) is 0 Å². The quantitative estimate of drug-likeness (QED) is 0.833. The summed E-state index contributed by atoms with van der Waals surface area (Å²) >= 11 is 0. The van der Waals surface area contributed by atoms with Crippen molar-refractivity contribution in [2.24, 2.45) is 0 Å². The molecule has 0 saturated carbocycles. The summed E-state index contributed by atoms with van der Waals surface area (Å²) in [7, 11) is -2.95. The molecule has 18 heavy (non-hydrogen) atoms. The second-order valence-corrected chi connectivity index (χ2v) is 6.69. The standard InChI is InChI=1S/C12H16N2O3S/c1-10-4-2-3-5-11(10)13-12(15)14-6-8-18(16,17)9-7-14/h2-5H,6-9H2,1H3,(H,13,15). The maximum atomic E-state index is 12.0. The van der Waals surface area contributed by atoms with Gasteiger partial charge in [-0.2, -0.15) is 0 Å². The van der Waals surface area contributed by atoms with Crippen molar-refractivity contribution < 1.29 is 13.2 Å². The Morgan fingerprint density at radius 3 is 2.44 bits per heavy atom. The second kappa shape index (κ2) is 4.97. The summed E-state index contributed by atoms with van der Waals surface area (Å²) in [5.41, 5.74) is 1.74. The zero-order valence-corrected chi connectivity index (χ0v) is 11.0. The van der Waals surface area contributed by atoms with E-state index in [0.717, 1.165) is 11.3 Å². The molecule has 0 spiro atoms. The molecular weight excluding hydrogens is 252 g/mol. The van der Waals surface area contributed by atoms with E-state index in [1.165, 1.54) is 4.90 Å². The van der Waals surface area contributed by atoms with E-state index in [2.05, 4.69) is 5.32 Å². The highest BCUT2D eigenvalue weighted by Gasteiger charge is 2.25. The maximum Gasteiger partial charge on any atom is 0.321 e. The number of hydrogen-bond acceptors (Lipinski definition) is 3. The number of anilines is 1. The van der Waals surface area contributed by atoms with E-state index in [1.54, 1.807) is 0 Å². The molecule has 2 amide bonds. The minimum Gasteiger partial charge on any atom is -0.322 e. The van der Waals surface area contributed by atoms with Crippen molar-refractivity contribution >= 4 is 21.6 Å². The summed E-state index contributed by atoms with van der Waals surface area (Å²) in [4.78, 5) is 13.5. The third kappa shape index (κ3) is 3.01. The van der Waals surface area contributed by atoms with Crippen LogP contribution >= 0.6 is 0 Å². The Labute approximate surface area is 107 Å². The van der Waals surface area contributed by atoms with E-state index in [-0.39, 0.29) is 30.6 Å². The van der Waals surface area contributed by atoms with Gasteiger partial charge < -0.3 is 10.2 Å². The van der Waals surface area contributed by atoms with E-state index in [9.17, 15) is 13.2 Å². The molecule has 6 heteroatoms. The third-order valence-corrected chi connectivity index (χ3v) is 4.63. The van der Waals surface area contributed by atoms with E-state index in [1.807, 2.05) is 31.2 Å². The normalized spacial score (nSPS) is 18.4. The monoisotopic (exact) mass is 268 g/mol. The molecule has 98 valence electrons. The molecule has 2 rings (SSSR count). The van der Waals surface area contributed by atoms with Gasteiger partial charge in [-0.25, -0.2) is 13.2 Å². The third-order valence-electron chi connectivity index (χ3n) is 3.02. The van der Waals surface area contributed by atoms with Gasteiger partial charge in [-0.3, -0.25) is 0 Å².